The smallest absolute Gasteiger partial charge is 0.248 e. The van der Waals surface area contributed by atoms with E-state index in [-0.39, 0.29) is 11.9 Å². The normalized spacial score (nSPS) is 15.5. The summed E-state index contributed by atoms with van der Waals surface area (Å²) in [6.45, 7) is 2.23. The number of nitrogens with one attached hydrogen (secondary N) is 1. The number of aromatic nitrogens is 4. The summed E-state index contributed by atoms with van der Waals surface area (Å²) in [6, 6.07) is 16.1. The summed E-state index contributed by atoms with van der Waals surface area (Å²) in [6.07, 6.45) is 6.33. The number of carbonyl (C=O) groups is 1. The number of aromatic amines is 1. The average Bonchev–Trinajstić information content (AvgIpc) is 3.61. The Balaban J connectivity index is 0.000000189. The van der Waals surface area contributed by atoms with Gasteiger partial charge in [0.15, 0.2) is 0 Å². The first-order valence-electron chi connectivity index (χ1n) is 11.5. The van der Waals surface area contributed by atoms with Crippen molar-refractivity contribution < 1.29 is 14.6 Å². The van der Waals surface area contributed by atoms with Crippen molar-refractivity contribution >= 4 is 16.8 Å². The number of aliphatic hydroxyl groups excluding tert-OH is 1. The highest BCUT2D eigenvalue weighted by Gasteiger charge is 2.27. The van der Waals surface area contributed by atoms with Crippen LogP contribution < -0.4 is 4.74 Å². The Bertz CT molecular complexity index is 1230. The van der Waals surface area contributed by atoms with Gasteiger partial charge in [0.2, 0.25) is 11.8 Å². The first-order valence-corrected chi connectivity index (χ1v) is 11.5. The molecule has 4 heterocycles. The molecule has 1 atom stereocenters. The molecule has 182 valence electrons. The van der Waals surface area contributed by atoms with Crippen molar-refractivity contribution in [3.8, 4) is 17.1 Å². The minimum atomic E-state index is -0.415. The van der Waals surface area contributed by atoms with E-state index in [1.165, 1.54) is 5.56 Å². The van der Waals surface area contributed by atoms with Gasteiger partial charge >= 0.3 is 0 Å². The van der Waals surface area contributed by atoms with Gasteiger partial charge < -0.3 is 14.7 Å². The number of nitrogens with zero attached hydrogens (tertiary/aromatic N) is 5. The molecule has 1 aliphatic heterocycles. The van der Waals surface area contributed by atoms with E-state index in [1.807, 2.05) is 42.6 Å². The number of likely N-dealkylation sites (tertiary alicyclic amines) is 1. The van der Waals surface area contributed by atoms with Crippen LogP contribution in [-0.4, -0.2) is 80.9 Å². The quantitative estimate of drug-likeness (QED) is 0.442. The number of ether oxygens (including phenoxy) is 1. The molecule has 3 aromatic heterocycles. The first-order chi connectivity index (χ1) is 17.1. The van der Waals surface area contributed by atoms with Gasteiger partial charge in [0.05, 0.1) is 18.3 Å². The van der Waals surface area contributed by atoms with Crippen LogP contribution in [0.15, 0.2) is 67.1 Å². The van der Waals surface area contributed by atoms with Gasteiger partial charge in [0.25, 0.3) is 0 Å². The van der Waals surface area contributed by atoms with E-state index in [0.717, 1.165) is 48.2 Å². The number of hydrogen-bond donors (Lipinski definition) is 2. The van der Waals surface area contributed by atoms with Crippen molar-refractivity contribution in [2.45, 2.75) is 19.0 Å². The third kappa shape index (κ3) is 6.20. The third-order valence-electron chi connectivity index (χ3n) is 6.13. The van der Waals surface area contributed by atoms with E-state index in [4.69, 9.17) is 9.84 Å². The number of benzene rings is 1. The lowest BCUT2D eigenvalue weighted by Gasteiger charge is -2.24. The van der Waals surface area contributed by atoms with Gasteiger partial charge in [-0.25, -0.2) is 4.98 Å². The van der Waals surface area contributed by atoms with Crippen LogP contribution in [0, 0.1) is 0 Å². The van der Waals surface area contributed by atoms with Crippen LogP contribution in [0.25, 0.3) is 22.2 Å². The van der Waals surface area contributed by atoms with E-state index in [0.29, 0.717) is 5.88 Å². The Morgan fingerprint density at radius 1 is 1.20 bits per heavy atom. The molecule has 1 amide bonds. The number of amides is 1. The van der Waals surface area contributed by atoms with Crippen molar-refractivity contribution in [1.29, 1.82) is 0 Å². The third-order valence-corrected chi connectivity index (χ3v) is 6.13. The van der Waals surface area contributed by atoms with Crippen molar-refractivity contribution in [2.75, 3.05) is 33.9 Å². The fourth-order valence-corrected chi connectivity index (χ4v) is 4.13. The van der Waals surface area contributed by atoms with Gasteiger partial charge in [-0.15, -0.1) is 0 Å². The zero-order valence-electron chi connectivity index (χ0n) is 20.0. The van der Waals surface area contributed by atoms with Crippen LogP contribution >= 0.6 is 0 Å². The summed E-state index contributed by atoms with van der Waals surface area (Å²) in [5.74, 6) is 0.405. The molecule has 5 rings (SSSR count). The van der Waals surface area contributed by atoms with Crippen LogP contribution in [0.3, 0.4) is 0 Å². The lowest BCUT2D eigenvalue weighted by Crippen LogP contribution is -2.40. The second-order valence-corrected chi connectivity index (χ2v) is 8.44. The highest BCUT2D eigenvalue weighted by molar-refractivity contribution is 5.78. The largest absolute Gasteiger partial charge is 0.481 e. The van der Waals surface area contributed by atoms with Crippen LogP contribution in [0.2, 0.25) is 0 Å². The summed E-state index contributed by atoms with van der Waals surface area (Å²) < 4.78 is 4.95. The summed E-state index contributed by atoms with van der Waals surface area (Å²) in [7, 11) is 3.36. The molecule has 1 aromatic carbocycles. The number of H-pyrrole nitrogens is 1. The summed E-state index contributed by atoms with van der Waals surface area (Å²) in [5, 5.41) is 16.8. The molecule has 4 aromatic rings. The molecule has 0 spiro atoms. The van der Waals surface area contributed by atoms with Gasteiger partial charge in [0, 0.05) is 68.3 Å². The van der Waals surface area contributed by atoms with E-state index >= 15 is 0 Å². The van der Waals surface area contributed by atoms with Crippen LogP contribution in [0.1, 0.15) is 12.0 Å². The molecule has 9 heteroatoms. The minimum absolute atomic E-state index is 0.188. The zero-order chi connectivity index (χ0) is 24.6. The molecule has 0 radical (unpaired) electrons. The van der Waals surface area contributed by atoms with Gasteiger partial charge in [-0.1, -0.05) is 18.2 Å². The van der Waals surface area contributed by atoms with Crippen LogP contribution in [0.5, 0.6) is 5.88 Å². The molecule has 1 unspecified atom stereocenters. The molecule has 0 aliphatic carbocycles. The number of fused-ring (bicyclic) bond motifs is 1. The number of hydrogen-bond acceptors (Lipinski definition) is 7. The number of rotatable bonds is 6. The monoisotopic (exact) mass is 474 g/mol. The summed E-state index contributed by atoms with van der Waals surface area (Å²) in [5.41, 5.74) is 4.16. The van der Waals surface area contributed by atoms with Crippen molar-refractivity contribution in [3.63, 3.8) is 0 Å². The highest BCUT2D eigenvalue weighted by atomic mass is 16.5. The number of carbonyl (C=O) groups excluding carboxylic acids is 1. The number of pyridine rings is 2. The maximum atomic E-state index is 11.6. The molecule has 0 saturated carbocycles. The topological polar surface area (TPSA) is 107 Å². The Morgan fingerprint density at radius 3 is 2.77 bits per heavy atom. The fraction of sp³-hybridized carbons (Fsp3) is 0.308. The number of methoxy groups -OCH3 is 1. The van der Waals surface area contributed by atoms with E-state index in [9.17, 15) is 4.79 Å². The molecule has 9 nitrogen and oxygen atoms in total. The van der Waals surface area contributed by atoms with Gasteiger partial charge in [0.1, 0.15) is 6.61 Å². The maximum Gasteiger partial charge on any atom is 0.248 e. The molecular formula is C26H30N6O3. The van der Waals surface area contributed by atoms with Crippen molar-refractivity contribution in [2.24, 2.45) is 0 Å². The average molecular weight is 475 g/mol. The fourth-order valence-electron chi connectivity index (χ4n) is 4.13. The lowest BCUT2D eigenvalue weighted by atomic mass is 10.1. The predicted molar refractivity (Wildman–Crippen MR) is 134 cm³/mol. The van der Waals surface area contributed by atoms with Crippen LogP contribution in [0.4, 0.5) is 0 Å². The number of aliphatic hydroxyl groups is 1. The van der Waals surface area contributed by atoms with Gasteiger partial charge in [-0.2, -0.15) is 5.10 Å². The Morgan fingerprint density at radius 2 is 2.06 bits per heavy atom. The van der Waals surface area contributed by atoms with Crippen molar-refractivity contribution in [1.82, 2.24) is 30.0 Å². The molecule has 0 bridgehead atoms. The molecular weight excluding hydrogens is 444 g/mol. The zero-order valence-corrected chi connectivity index (χ0v) is 20.0. The molecule has 1 saturated heterocycles. The lowest BCUT2D eigenvalue weighted by molar-refractivity contribution is -0.134. The first kappa shape index (κ1) is 24.3. The molecule has 1 fully saturated rings. The van der Waals surface area contributed by atoms with E-state index in [2.05, 4.69) is 37.2 Å². The minimum Gasteiger partial charge on any atom is -0.481 e. The van der Waals surface area contributed by atoms with E-state index in [1.54, 1.807) is 31.5 Å². The second-order valence-electron chi connectivity index (χ2n) is 8.44. The van der Waals surface area contributed by atoms with Gasteiger partial charge in [-0.3, -0.25) is 19.8 Å². The SMILES string of the molecule is CN(C(=O)CO)C1CCN(Cc2cnc3ccccc3c2)C1.COc1ccc(-c2ccn[nH]2)cn1. The highest BCUT2D eigenvalue weighted by Crippen LogP contribution is 2.19. The summed E-state index contributed by atoms with van der Waals surface area (Å²) >= 11 is 0. The molecule has 35 heavy (non-hydrogen) atoms. The van der Waals surface area contributed by atoms with Crippen LogP contribution in [-0.2, 0) is 11.3 Å². The molecule has 2 N–H and O–H groups in total. The van der Waals surface area contributed by atoms with Gasteiger partial charge in [-0.05, 0) is 36.2 Å². The Hall–Kier alpha value is -3.82. The Labute approximate surface area is 204 Å². The number of para-hydroxylation sites is 1. The number of likely N-dealkylation sites (N-methyl/N-ethyl adjacent to an activating group) is 1. The summed E-state index contributed by atoms with van der Waals surface area (Å²) in [4.78, 5) is 24.1. The maximum absolute atomic E-state index is 11.6. The van der Waals surface area contributed by atoms with E-state index < -0.39 is 6.61 Å². The Kier molecular flexibility index (Phi) is 8.02. The predicted octanol–water partition coefficient (Wildman–Crippen LogP) is 2.74. The molecule has 1 aliphatic rings. The second kappa shape index (κ2) is 11.5. The van der Waals surface area contributed by atoms with Crippen molar-refractivity contribution in [3.05, 3.63) is 72.7 Å². The standard InChI is InChI=1S/C17H21N3O2.C9H9N3O/c1-19(17(22)12-21)15-6-7-20(11-15)10-13-8-14-4-2-3-5-16(14)18-9-13;1-13-9-3-2-7(6-10-9)8-4-5-11-12-8/h2-5,8-9,15,21H,6-7,10-12H2,1H3;2-6H,1H3,(H,11,12).